The summed E-state index contributed by atoms with van der Waals surface area (Å²) in [5, 5.41) is 2.60. The quantitative estimate of drug-likeness (QED) is 0.841. The molecule has 1 aromatic carbocycles. The number of methoxy groups -OCH3 is 1. The van der Waals surface area contributed by atoms with Gasteiger partial charge in [0, 0.05) is 19.0 Å². The monoisotopic (exact) mass is 358 g/mol. The molecule has 1 aromatic rings. The van der Waals surface area contributed by atoms with Crippen LogP contribution in [-0.4, -0.2) is 49.1 Å². The Morgan fingerprint density at radius 1 is 1.16 bits per heavy atom. The fraction of sp³-hybridized carbons (Fsp3) is 0.438. The lowest BCUT2D eigenvalue weighted by Crippen LogP contribution is -2.46. The van der Waals surface area contributed by atoms with Gasteiger partial charge in [-0.25, -0.2) is 4.79 Å². The zero-order chi connectivity index (χ0) is 18.6. The number of amides is 2. The standard InChI is InChI=1S/C16H17F3N2O4/c1-25-14(23)11-4-2-3-5-12(11)20-13(22)10-6-8-21(9-7-10)15(24)16(17,18)19/h2-5,10H,6-9H2,1H3,(H,20,22). The molecule has 25 heavy (non-hydrogen) atoms. The third kappa shape index (κ3) is 4.49. The van der Waals surface area contributed by atoms with Gasteiger partial charge in [0.25, 0.3) is 0 Å². The van der Waals surface area contributed by atoms with E-state index in [2.05, 4.69) is 10.1 Å². The number of halogens is 3. The fourth-order valence-corrected chi connectivity index (χ4v) is 2.64. The molecule has 0 unspecified atom stereocenters. The maximum atomic E-state index is 12.4. The fourth-order valence-electron chi connectivity index (χ4n) is 2.64. The molecule has 1 fully saturated rings. The Balaban J connectivity index is 1.98. The Kier molecular flexibility index (Phi) is 5.66. The minimum absolute atomic E-state index is 0.119. The topological polar surface area (TPSA) is 75.7 Å². The molecule has 0 aromatic heterocycles. The lowest BCUT2D eigenvalue weighted by Gasteiger charge is -2.31. The summed E-state index contributed by atoms with van der Waals surface area (Å²) >= 11 is 0. The third-order valence-corrected chi connectivity index (χ3v) is 3.99. The Morgan fingerprint density at radius 2 is 1.76 bits per heavy atom. The Bertz CT molecular complexity index is 668. The average molecular weight is 358 g/mol. The Morgan fingerprint density at radius 3 is 2.32 bits per heavy atom. The van der Waals surface area contributed by atoms with Crippen molar-refractivity contribution in [2.45, 2.75) is 19.0 Å². The van der Waals surface area contributed by atoms with Gasteiger partial charge in [-0.05, 0) is 25.0 Å². The molecule has 1 aliphatic rings. The van der Waals surface area contributed by atoms with Gasteiger partial charge < -0.3 is 15.0 Å². The van der Waals surface area contributed by atoms with Crippen LogP contribution in [-0.2, 0) is 14.3 Å². The van der Waals surface area contributed by atoms with E-state index in [1.165, 1.54) is 19.2 Å². The van der Waals surface area contributed by atoms with E-state index in [1.807, 2.05) is 0 Å². The first-order valence-electron chi connectivity index (χ1n) is 7.58. The highest BCUT2D eigenvalue weighted by atomic mass is 19.4. The largest absolute Gasteiger partial charge is 0.471 e. The normalized spacial score (nSPS) is 15.6. The predicted octanol–water partition coefficient (Wildman–Crippen LogP) is 2.21. The second-order valence-corrected chi connectivity index (χ2v) is 5.59. The number of carbonyl (C=O) groups excluding carboxylic acids is 3. The van der Waals surface area contributed by atoms with Gasteiger partial charge in [-0.2, -0.15) is 13.2 Å². The summed E-state index contributed by atoms with van der Waals surface area (Å²) in [5.74, 6) is -3.44. The number of benzene rings is 1. The number of hydrogen-bond donors (Lipinski definition) is 1. The van der Waals surface area contributed by atoms with Gasteiger partial charge in [0.1, 0.15) is 0 Å². The highest BCUT2D eigenvalue weighted by Crippen LogP contribution is 2.25. The molecule has 1 aliphatic heterocycles. The number of para-hydroxylation sites is 1. The van der Waals surface area contributed by atoms with Crippen molar-refractivity contribution in [3.05, 3.63) is 29.8 Å². The Labute approximate surface area is 141 Å². The molecule has 0 bridgehead atoms. The van der Waals surface area contributed by atoms with Crippen LogP contribution in [0.1, 0.15) is 23.2 Å². The van der Waals surface area contributed by atoms with E-state index in [0.717, 1.165) is 0 Å². The van der Waals surface area contributed by atoms with E-state index >= 15 is 0 Å². The molecule has 136 valence electrons. The van der Waals surface area contributed by atoms with Gasteiger partial charge in [-0.15, -0.1) is 0 Å². The number of nitrogens with zero attached hydrogens (tertiary/aromatic N) is 1. The number of rotatable bonds is 3. The molecule has 0 saturated carbocycles. The molecule has 0 spiro atoms. The van der Waals surface area contributed by atoms with Crippen molar-refractivity contribution in [3.63, 3.8) is 0 Å². The molecule has 6 nitrogen and oxygen atoms in total. The third-order valence-electron chi connectivity index (χ3n) is 3.99. The van der Waals surface area contributed by atoms with Crippen molar-refractivity contribution < 1.29 is 32.3 Å². The molecular formula is C16H17F3N2O4. The van der Waals surface area contributed by atoms with Gasteiger partial charge in [-0.3, -0.25) is 9.59 Å². The number of alkyl halides is 3. The highest BCUT2D eigenvalue weighted by Gasteiger charge is 2.43. The van der Waals surface area contributed by atoms with Crippen LogP contribution in [0.25, 0.3) is 0 Å². The average Bonchev–Trinajstić information content (AvgIpc) is 2.60. The predicted molar refractivity (Wildman–Crippen MR) is 81.8 cm³/mol. The maximum Gasteiger partial charge on any atom is 0.471 e. The second kappa shape index (κ2) is 7.54. The smallest absolute Gasteiger partial charge is 0.465 e. The van der Waals surface area contributed by atoms with Gasteiger partial charge >= 0.3 is 18.1 Å². The van der Waals surface area contributed by atoms with Crippen molar-refractivity contribution in [2.24, 2.45) is 5.92 Å². The van der Waals surface area contributed by atoms with E-state index < -0.39 is 29.9 Å². The molecule has 1 heterocycles. The second-order valence-electron chi connectivity index (χ2n) is 5.59. The van der Waals surface area contributed by atoms with Crippen LogP contribution in [0.4, 0.5) is 18.9 Å². The van der Waals surface area contributed by atoms with E-state index in [0.29, 0.717) is 4.90 Å². The van der Waals surface area contributed by atoms with Crippen LogP contribution < -0.4 is 5.32 Å². The number of nitrogens with one attached hydrogen (secondary N) is 1. The number of likely N-dealkylation sites (tertiary alicyclic amines) is 1. The van der Waals surface area contributed by atoms with E-state index in [1.54, 1.807) is 12.1 Å². The number of ether oxygens (including phenoxy) is 1. The van der Waals surface area contributed by atoms with Crippen molar-refractivity contribution in [1.29, 1.82) is 0 Å². The first-order valence-corrected chi connectivity index (χ1v) is 7.58. The van der Waals surface area contributed by atoms with Crippen LogP contribution in [0.5, 0.6) is 0 Å². The minimum atomic E-state index is -4.91. The molecule has 9 heteroatoms. The molecular weight excluding hydrogens is 341 g/mol. The van der Waals surface area contributed by atoms with Crippen molar-refractivity contribution >= 4 is 23.5 Å². The summed E-state index contributed by atoms with van der Waals surface area (Å²) in [5.41, 5.74) is 0.455. The van der Waals surface area contributed by atoms with Gasteiger partial charge in [0.2, 0.25) is 5.91 Å². The minimum Gasteiger partial charge on any atom is -0.465 e. The SMILES string of the molecule is COC(=O)c1ccccc1NC(=O)C1CCN(C(=O)C(F)(F)F)CC1. The summed E-state index contributed by atoms with van der Waals surface area (Å²) in [7, 11) is 1.22. The number of esters is 1. The zero-order valence-electron chi connectivity index (χ0n) is 13.4. The van der Waals surface area contributed by atoms with Gasteiger partial charge in [-0.1, -0.05) is 12.1 Å². The van der Waals surface area contributed by atoms with E-state index in [-0.39, 0.29) is 37.2 Å². The highest BCUT2D eigenvalue weighted by molar-refractivity contribution is 6.01. The molecule has 1 N–H and O–H groups in total. The van der Waals surface area contributed by atoms with Crippen molar-refractivity contribution in [3.8, 4) is 0 Å². The van der Waals surface area contributed by atoms with Gasteiger partial charge in [0.05, 0.1) is 18.4 Å². The summed E-state index contributed by atoms with van der Waals surface area (Å²) in [6.07, 6.45) is -4.67. The lowest BCUT2D eigenvalue weighted by molar-refractivity contribution is -0.186. The molecule has 2 rings (SSSR count). The van der Waals surface area contributed by atoms with Crippen LogP contribution in [0.15, 0.2) is 24.3 Å². The van der Waals surface area contributed by atoms with Crippen molar-refractivity contribution in [1.82, 2.24) is 4.90 Å². The van der Waals surface area contributed by atoms with Crippen LogP contribution >= 0.6 is 0 Å². The molecule has 0 aliphatic carbocycles. The van der Waals surface area contributed by atoms with Crippen LogP contribution in [0.3, 0.4) is 0 Å². The maximum absolute atomic E-state index is 12.4. The number of anilines is 1. The van der Waals surface area contributed by atoms with Crippen molar-refractivity contribution in [2.75, 3.05) is 25.5 Å². The van der Waals surface area contributed by atoms with Crippen LogP contribution in [0.2, 0.25) is 0 Å². The number of hydrogen-bond acceptors (Lipinski definition) is 4. The Hall–Kier alpha value is -2.58. The number of carbonyl (C=O) groups is 3. The van der Waals surface area contributed by atoms with E-state index in [4.69, 9.17) is 0 Å². The summed E-state index contributed by atoms with van der Waals surface area (Å²) < 4.78 is 41.9. The van der Waals surface area contributed by atoms with Crippen LogP contribution in [0, 0.1) is 5.92 Å². The summed E-state index contributed by atoms with van der Waals surface area (Å²) in [6, 6.07) is 6.27. The number of piperidine rings is 1. The molecule has 0 atom stereocenters. The summed E-state index contributed by atoms with van der Waals surface area (Å²) in [6.45, 7) is -0.288. The molecule has 2 amide bonds. The zero-order valence-corrected chi connectivity index (χ0v) is 13.4. The summed E-state index contributed by atoms with van der Waals surface area (Å²) in [4.78, 5) is 35.9. The first-order chi connectivity index (χ1) is 11.7. The molecule has 1 saturated heterocycles. The lowest BCUT2D eigenvalue weighted by atomic mass is 9.95. The van der Waals surface area contributed by atoms with Gasteiger partial charge in [0.15, 0.2) is 0 Å². The first kappa shape index (κ1) is 18.8. The van der Waals surface area contributed by atoms with E-state index in [9.17, 15) is 27.6 Å². The molecule has 0 radical (unpaired) electrons.